The number of rotatable bonds is 5. The molecule has 0 aliphatic carbocycles. The number of ether oxygens (including phenoxy) is 1. The van der Waals surface area contributed by atoms with Gasteiger partial charge in [0.05, 0.1) is 6.54 Å². The van der Waals surface area contributed by atoms with E-state index in [2.05, 4.69) is 37.1 Å². The lowest BCUT2D eigenvalue weighted by atomic mass is 9.87. The van der Waals surface area contributed by atoms with Gasteiger partial charge in [0.2, 0.25) is 0 Å². The van der Waals surface area contributed by atoms with Crippen LogP contribution in [0.5, 0.6) is 5.75 Å². The average Bonchev–Trinajstić information content (AvgIpc) is 2.51. The van der Waals surface area contributed by atoms with Crippen molar-refractivity contribution in [2.45, 2.75) is 33.1 Å². The van der Waals surface area contributed by atoms with Crippen molar-refractivity contribution in [3.63, 3.8) is 0 Å². The molecule has 128 valence electrons. The predicted molar refractivity (Wildman–Crippen MR) is 94.8 cm³/mol. The summed E-state index contributed by atoms with van der Waals surface area (Å²) in [5.41, 5.74) is 1.78. The summed E-state index contributed by atoms with van der Waals surface area (Å²) >= 11 is 0. The Hall–Kier alpha value is -2.56. The van der Waals surface area contributed by atoms with E-state index in [-0.39, 0.29) is 16.4 Å². The number of amides is 1. The molecule has 0 atom stereocenters. The van der Waals surface area contributed by atoms with Crippen LogP contribution in [-0.2, 0) is 5.41 Å². The van der Waals surface area contributed by atoms with Gasteiger partial charge < -0.3 is 15.0 Å². The lowest BCUT2D eigenvalue weighted by Gasteiger charge is -2.19. The maximum absolute atomic E-state index is 12.0. The first-order chi connectivity index (χ1) is 11.3. The van der Waals surface area contributed by atoms with Crippen LogP contribution in [0, 0.1) is 6.92 Å². The zero-order valence-electron chi connectivity index (χ0n) is 14.6. The molecule has 1 aromatic carbocycles. The van der Waals surface area contributed by atoms with Crippen LogP contribution < -0.4 is 15.5 Å². The summed E-state index contributed by atoms with van der Waals surface area (Å²) in [4.78, 5) is 26.6. The van der Waals surface area contributed by atoms with E-state index in [1.165, 1.54) is 17.8 Å². The van der Waals surface area contributed by atoms with Crippen LogP contribution >= 0.6 is 0 Å². The Morgan fingerprint density at radius 3 is 2.67 bits per heavy atom. The number of aromatic nitrogens is 1. The molecule has 1 amide bonds. The maximum atomic E-state index is 12.0. The van der Waals surface area contributed by atoms with Gasteiger partial charge in [0.1, 0.15) is 17.9 Å². The fraction of sp³-hybridized carbons (Fsp3) is 0.368. The average molecular weight is 328 g/mol. The minimum atomic E-state index is -0.400. The molecule has 0 radical (unpaired) electrons. The fourth-order valence-corrected chi connectivity index (χ4v) is 2.23. The minimum absolute atomic E-state index is 0.0556. The van der Waals surface area contributed by atoms with Gasteiger partial charge in [-0.05, 0) is 30.0 Å². The number of benzene rings is 1. The van der Waals surface area contributed by atoms with E-state index < -0.39 is 5.91 Å². The third-order valence-corrected chi connectivity index (χ3v) is 3.66. The van der Waals surface area contributed by atoms with E-state index in [4.69, 9.17) is 4.74 Å². The minimum Gasteiger partial charge on any atom is -0.492 e. The van der Waals surface area contributed by atoms with Crippen molar-refractivity contribution >= 4 is 5.91 Å². The molecule has 1 aromatic heterocycles. The normalized spacial score (nSPS) is 11.2. The second-order valence-electron chi connectivity index (χ2n) is 6.78. The summed E-state index contributed by atoms with van der Waals surface area (Å²) in [6.07, 6.45) is 1.43. The second-order valence-corrected chi connectivity index (χ2v) is 6.78. The van der Waals surface area contributed by atoms with Crippen LogP contribution in [0.15, 0.2) is 41.3 Å². The molecule has 0 fully saturated rings. The summed E-state index contributed by atoms with van der Waals surface area (Å²) < 4.78 is 5.68. The molecule has 0 saturated heterocycles. The summed E-state index contributed by atoms with van der Waals surface area (Å²) in [5.74, 6) is 0.369. The van der Waals surface area contributed by atoms with Gasteiger partial charge in [-0.1, -0.05) is 32.9 Å². The number of carbonyl (C=O) groups is 1. The van der Waals surface area contributed by atoms with Crippen LogP contribution in [0.3, 0.4) is 0 Å². The van der Waals surface area contributed by atoms with Crippen molar-refractivity contribution in [3.8, 4) is 5.75 Å². The van der Waals surface area contributed by atoms with Gasteiger partial charge in [-0.3, -0.25) is 9.59 Å². The molecule has 5 nitrogen and oxygen atoms in total. The number of hydrogen-bond donors (Lipinski definition) is 2. The SMILES string of the molecule is Cc1cc(=O)c(C(=O)NCCOc2cccc(C(C)(C)C)c2)c[nH]1. The highest BCUT2D eigenvalue weighted by molar-refractivity contribution is 5.93. The highest BCUT2D eigenvalue weighted by Gasteiger charge is 2.14. The third-order valence-electron chi connectivity index (χ3n) is 3.66. The maximum Gasteiger partial charge on any atom is 0.256 e. The van der Waals surface area contributed by atoms with Crippen LogP contribution in [0.1, 0.15) is 42.4 Å². The van der Waals surface area contributed by atoms with Crippen molar-refractivity contribution in [1.29, 1.82) is 0 Å². The van der Waals surface area contributed by atoms with Crippen molar-refractivity contribution in [2.24, 2.45) is 0 Å². The van der Waals surface area contributed by atoms with Crippen LogP contribution in [0.25, 0.3) is 0 Å². The molecular weight excluding hydrogens is 304 g/mol. The summed E-state index contributed by atoms with van der Waals surface area (Å²) in [5, 5.41) is 2.69. The number of aromatic amines is 1. The summed E-state index contributed by atoms with van der Waals surface area (Å²) in [6, 6.07) is 9.33. The topological polar surface area (TPSA) is 71.2 Å². The lowest BCUT2D eigenvalue weighted by molar-refractivity contribution is 0.0945. The van der Waals surface area contributed by atoms with Crippen LogP contribution in [0.4, 0.5) is 0 Å². The Labute approximate surface area is 142 Å². The Kier molecular flexibility index (Phi) is 5.44. The van der Waals surface area contributed by atoms with Crippen molar-refractivity contribution < 1.29 is 9.53 Å². The molecule has 2 aromatic rings. The molecular formula is C19H24N2O3. The first-order valence-electron chi connectivity index (χ1n) is 7.98. The van der Waals surface area contributed by atoms with Gasteiger partial charge in [-0.2, -0.15) is 0 Å². The smallest absolute Gasteiger partial charge is 0.256 e. The molecule has 0 unspecified atom stereocenters. The standard InChI is InChI=1S/C19H24N2O3/c1-13-10-17(22)16(12-21-13)18(23)20-8-9-24-15-7-5-6-14(11-15)19(2,3)4/h5-7,10-12H,8-9H2,1-4H3,(H,20,23)(H,21,22). The molecule has 0 spiro atoms. The number of pyridine rings is 1. The van der Waals surface area contributed by atoms with E-state index in [0.717, 1.165) is 11.4 Å². The van der Waals surface area contributed by atoms with E-state index >= 15 is 0 Å². The first-order valence-corrected chi connectivity index (χ1v) is 7.98. The first kappa shape index (κ1) is 17.8. The van der Waals surface area contributed by atoms with E-state index in [9.17, 15) is 9.59 Å². The zero-order valence-corrected chi connectivity index (χ0v) is 14.6. The van der Waals surface area contributed by atoms with Gasteiger partial charge >= 0.3 is 0 Å². The number of carbonyl (C=O) groups excluding carboxylic acids is 1. The Balaban J connectivity index is 1.87. The lowest BCUT2D eigenvalue weighted by Crippen LogP contribution is -2.31. The molecule has 5 heteroatoms. The van der Waals surface area contributed by atoms with Gasteiger partial charge in [0.15, 0.2) is 5.43 Å². The van der Waals surface area contributed by atoms with Crippen LogP contribution in [0.2, 0.25) is 0 Å². The third kappa shape index (κ3) is 4.72. The van der Waals surface area contributed by atoms with Gasteiger partial charge in [-0.15, -0.1) is 0 Å². The number of hydrogen-bond acceptors (Lipinski definition) is 3. The Morgan fingerprint density at radius 1 is 1.25 bits per heavy atom. The predicted octanol–water partition coefficient (Wildman–Crippen LogP) is 2.79. The largest absolute Gasteiger partial charge is 0.492 e. The van der Waals surface area contributed by atoms with Crippen molar-refractivity contribution in [1.82, 2.24) is 10.3 Å². The van der Waals surface area contributed by atoms with Crippen molar-refractivity contribution in [2.75, 3.05) is 13.2 Å². The molecule has 0 aliphatic rings. The Morgan fingerprint density at radius 2 is 2.00 bits per heavy atom. The molecule has 0 saturated carbocycles. The highest BCUT2D eigenvalue weighted by atomic mass is 16.5. The molecule has 1 heterocycles. The molecule has 24 heavy (non-hydrogen) atoms. The highest BCUT2D eigenvalue weighted by Crippen LogP contribution is 2.25. The molecule has 2 N–H and O–H groups in total. The van der Waals surface area contributed by atoms with Gasteiger partial charge in [0, 0.05) is 18.0 Å². The van der Waals surface area contributed by atoms with Crippen LogP contribution in [-0.4, -0.2) is 24.0 Å². The zero-order chi connectivity index (χ0) is 17.7. The van der Waals surface area contributed by atoms with E-state index in [1.54, 1.807) is 6.92 Å². The monoisotopic (exact) mass is 328 g/mol. The Bertz CT molecular complexity index is 773. The molecule has 2 rings (SSSR count). The molecule has 0 bridgehead atoms. The summed E-state index contributed by atoms with van der Waals surface area (Å²) in [6.45, 7) is 8.86. The quantitative estimate of drug-likeness (QED) is 0.829. The summed E-state index contributed by atoms with van der Waals surface area (Å²) in [7, 11) is 0. The number of H-pyrrole nitrogens is 1. The number of nitrogens with one attached hydrogen (secondary N) is 2. The molecule has 0 aliphatic heterocycles. The van der Waals surface area contributed by atoms with E-state index in [1.807, 2.05) is 18.2 Å². The van der Waals surface area contributed by atoms with Gasteiger partial charge in [-0.25, -0.2) is 0 Å². The second kappa shape index (κ2) is 7.34. The van der Waals surface area contributed by atoms with Gasteiger partial charge in [0.25, 0.3) is 5.91 Å². The van der Waals surface area contributed by atoms with Crippen molar-refractivity contribution in [3.05, 3.63) is 63.6 Å². The fourth-order valence-electron chi connectivity index (χ4n) is 2.23. The van der Waals surface area contributed by atoms with E-state index in [0.29, 0.717) is 13.2 Å². The number of aryl methyl sites for hydroxylation is 1.